The van der Waals surface area contributed by atoms with Crippen LogP contribution in [0.1, 0.15) is 5.56 Å². The second-order valence-corrected chi connectivity index (χ2v) is 9.48. The smallest absolute Gasteiger partial charge is 0.264 e. The Kier molecular flexibility index (Phi) is 7.34. The largest absolute Gasteiger partial charge is 0.497 e. The lowest BCUT2D eigenvalue weighted by molar-refractivity contribution is -0.128. The molecule has 0 bridgehead atoms. The van der Waals surface area contributed by atoms with Crippen molar-refractivity contribution in [2.24, 2.45) is 0 Å². The summed E-state index contributed by atoms with van der Waals surface area (Å²) in [7, 11) is -2.42. The zero-order valence-electron chi connectivity index (χ0n) is 18.7. The van der Waals surface area contributed by atoms with Crippen LogP contribution in [0.2, 0.25) is 0 Å². The maximum Gasteiger partial charge on any atom is 0.264 e. The van der Waals surface area contributed by atoms with Crippen LogP contribution < -0.4 is 19.1 Å². The highest BCUT2D eigenvalue weighted by molar-refractivity contribution is 7.92. The number of methoxy groups -OCH3 is 1. The maximum absolute atomic E-state index is 13.4. The summed E-state index contributed by atoms with van der Waals surface area (Å²) in [5.41, 5.74) is 1.42. The van der Waals surface area contributed by atoms with E-state index >= 15 is 0 Å². The van der Waals surface area contributed by atoms with E-state index in [0.29, 0.717) is 30.4 Å². The van der Waals surface area contributed by atoms with Crippen molar-refractivity contribution in [3.8, 4) is 11.5 Å². The number of sulfonamides is 1. The summed E-state index contributed by atoms with van der Waals surface area (Å²) in [5, 5.41) is 2.77. The molecule has 1 aliphatic heterocycles. The first-order chi connectivity index (χ1) is 16.5. The van der Waals surface area contributed by atoms with Crippen molar-refractivity contribution >= 4 is 21.6 Å². The van der Waals surface area contributed by atoms with Gasteiger partial charge in [0.1, 0.15) is 11.5 Å². The zero-order chi connectivity index (χ0) is 24.0. The summed E-state index contributed by atoms with van der Waals surface area (Å²) in [6.07, 6.45) is -1.00. The number of benzene rings is 3. The zero-order valence-corrected chi connectivity index (χ0v) is 19.5. The van der Waals surface area contributed by atoms with Crippen LogP contribution in [0, 0.1) is 0 Å². The van der Waals surface area contributed by atoms with Gasteiger partial charge in [-0.2, -0.15) is 0 Å². The summed E-state index contributed by atoms with van der Waals surface area (Å²) in [6.45, 7) is 0.885. The van der Waals surface area contributed by atoms with E-state index in [-0.39, 0.29) is 18.0 Å². The average Bonchev–Trinajstić information content (AvgIpc) is 2.88. The van der Waals surface area contributed by atoms with Gasteiger partial charge < -0.3 is 19.5 Å². The molecule has 9 heteroatoms. The van der Waals surface area contributed by atoms with Crippen LogP contribution in [0.4, 0.5) is 5.69 Å². The number of fused-ring (bicyclic) bond motifs is 1. The third-order valence-electron chi connectivity index (χ3n) is 5.33. The van der Waals surface area contributed by atoms with E-state index in [2.05, 4.69) is 5.32 Å². The van der Waals surface area contributed by atoms with Crippen molar-refractivity contribution in [3.63, 3.8) is 0 Å². The van der Waals surface area contributed by atoms with Crippen LogP contribution in [0.25, 0.3) is 0 Å². The van der Waals surface area contributed by atoms with E-state index in [4.69, 9.17) is 14.2 Å². The summed E-state index contributed by atoms with van der Waals surface area (Å²) in [5.74, 6) is 0.465. The summed E-state index contributed by atoms with van der Waals surface area (Å²) >= 11 is 0. The lowest BCUT2D eigenvalue weighted by atomic mass is 10.2. The molecule has 1 amide bonds. The molecule has 0 radical (unpaired) electrons. The minimum atomic E-state index is -3.93. The highest BCUT2D eigenvalue weighted by Crippen LogP contribution is 2.37. The minimum Gasteiger partial charge on any atom is -0.497 e. The summed E-state index contributed by atoms with van der Waals surface area (Å²) in [4.78, 5) is 12.9. The first kappa shape index (κ1) is 23.6. The van der Waals surface area contributed by atoms with Gasteiger partial charge in [-0.05, 0) is 42.0 Å². The van der Waals surface area contributed by atoms with Crippen LogP contribution in [0.5, 0.6) is 11.5 Å². The van der Waals surface area contributed by atoms with Crippen LogP contribution in [-0.2, 0) is 26.2 Å². The van der Waals surface area contributed by atoms with Crippen molar-refractivity contribution in [2.75, 3.05) is 31.1 Å². The Labute approximate surface area is 199 Å². The second kappa shape index (κ2) is 10.6. The number of hydrogen-bond acceptors (Lipinski definition) is 6. The van der Waals surface area contributed by atoms with Gasteiger partial charge in [-0.25, -0.2) is 8.42 Å². The first-order valence-electron chi connectivity index (χ1n) is 10.8. The van der Waals surface area contributed by atoms with Crippen LogP contribution in [0.3, 0.4) is 0 Å². The van der Waals surface area contributed by atoms with Gasteiger partial charge in [0.2, 0.25) is 0 Å². The average molecular weight is 483 g/mol. The Hall–Kier alpha value is -3.56. The number of para-hydroxylation sites is 2. The SMILES string of the molecule is COc1ccc(S(=O)(=O)N2C[C@@H](C(=O)NCCOCc3ccccc3)Oc3ccccc32)cc1. The van der Waals surface area contributed by atoms with Gasteiger partial charge in [-0.1, -0.05) is 42.5 Å². The van der Waals surface area contributed by atoms with Gasteiger partial charge in [-0.3, -0.25) is 9.10 Å². The standard InChI is InChI=1S/C25H26N2O6S/c1-31-20-11-13-21(14-12-20)34(29,30)27-17-24(33-23-10-6-5-9-22(23)27)25(28)26-15-16-32-18-19-7-3-2-4-8-19/h2-14,24H,15-18H2,1H3,(H,26,28)/t24-/m0/s1. The maximum atomic E-state index is 13.4. The quantitative estimate of drug-likeness (QED) is 0.472. The van der Waals surface area contributed by atoms with E-state index in [1.165, 1.54) is 23.5 Å². The van der Waals surface area contributed by atoms with Crippen LogP contribution in [-0.4, -0.2) is 47.2 Å². The molecule has 0 aliphatic carbocycles. The Balaban J connectivity index is 1.43. The molecule has 0 saturated carbocycles. The second-order valence-electron chi connectivity index (χ2n) is 7.62. The lowest BCUT2D eigenvalue weighted by Crippen LogP contribution is -2.51. The number of rotatable bonds is 9. The number of hydrogen-bond donors (Lipinski definition) is 1. The van der Waals surface area contributed by atoms with Crippen molar-refractivity contribution in [2.45, 2.75) is 17.6 Å². The summed E-state index contributed by atoms with van der Waals surface area (Å²) < 4.78 is 44.6. The highest BCUT2D eigenvalue weighted by atomic mass is 32.2. The van der Waals surface area contributed by atoms with Gasteiger partial charge in [0, 0.05) is 6.54 Å². The van der Waals surface area contributed by atoms with Gasteiger partial charge >= 0.3 is 0 Å². The van der Waals surface area contributed by atoms with E-state index in [0.717, 1.165) is 5.56 Å². The van der Waals surface area contributed by atoms with Crippen molar-refractivity contribution in [1.82, 2.24) is 5.32 Å². The third kappa shape index (κ3) is 5.32. The number of nitrogens with one attached hydrogen (secondary N) is 1. The normalized spacial score (nSPS) is 15.2. The fourth-order valence-electron chi connectivity index (χ4n) is 3.57. The lowest BCUT2D eigenvalue weighted by Gasteiger charge is -2.34. The molecule has 3 aromatic rings. The molecular weight excluding hydrogens is 456 g/mol. The molecule has 0 fully saturated rings. The summed E-state index contributed by atoms with van der Waals surface area (Å²) in [6, 6.07) is 22.6. The molecule has 3 aromatic carbocycles. The van der Waals surface area contributed by atoms with Crippen LogP contribution in [0.15, 0.2) is 83.8 Å². The van der Waals surface area contributed by atoms with Crippen molar-refractivity contribution in [3.05, 3.63) is 84.4 Å². The van der Waals surface area contributed by atoms with E-state index in [1.54, 1.807) is 36.4 Å². The molecule has 1 atom stereocenters. The number of carbonyl (C=O) groups excluding carboxylic acids is 1. The van der Waals surface area contributed by atoms with E-state index < -0.39 is 22.0 Å². The Morgan fingerprint density at radius 3 is 2.47 bits per heavy atom. The van der Waals surface area contributed by atoms with Gasteiger partial charge in [0.05, 0.1) is 37.5 Å². The Bertz CT molecular complexity index is 1220. The number of nitrogens with zero attached hydrogens (tertiary/aromatic N) is 1. The van der Waals surface area contributed by atoms with E-state index in [1.807, 2.05) is 30.3 Å². The minimum absolute atomic E-state index is 0.0958. The topological polar surface area (TPSA) is 94.2 Å². The Morgan fingerprint density at radius 2 is 1.74 bits per heavy atom. The van der Waals surface area contributed by atoms with Crippen LogP contribution >= 0.6 is 0 Å². The fraction of sp³-hybridized carbons (Fsp3) is 0.240. The predicted octanol–water partition coefficient (Wildman–Crippen LogP) is 2.98. The van der Waals surface area contributed by atoms with Gasteiger partial charge in [0.15, 0.2) is 6.10 Å². The van der Waals surface area contributed by atoms with Crippen molar-refractivity contribution < 1.29 is 27.4 Å². The molecule has 0 unspecified atom stereocenters. The van der Waals surface area contributed by atoms with Gasteiger partial charge in [0.25, 0.3) is 15.9 Å². The van der Waals surface area contributed by atoms with E-state index in [9.17, 15) is 13.2 Å². The first-order valence-corrected chi connectivity index (χ1v) is 12.2. The fourth-order valence-corrected chi connectivity index (χ4v) is 5.04. The molecule has 34 heavy (non-hydrogen) atoms. The number of ether oxygens (including phenoxy) is 3. The Morgan fingerprint density at radius 1 is 1.03 bits per heavy atom. The molecule has 178 valence electrons. The molecule has 1 aliphatic rings. The molecule has 0 saturated heterocycles. The molecular formula is C25H26N2O6S. The van der Waals surface area contributed by atoms with Crippen molar-refractivity contribution in [1.29, 1.82) is 0 Å². The molecule has 8 nitrogen and oxygen atoms in total. The van der Waals surface area contributed by atoms with Gasteiger partial charge in [-0.15, -0.1) is 0 Å². The highest BCUT2D eigenvalue weighted by Gasteiger charge is 2.37. The number of carbonyl (C=O) groups is 1. The number of amides is 1. The molecule has 0 spiro atoms. The molecule has 4 rings (SSSR count). The molecule has 1 heterocycles. The third-order valence-corrected chi connectivity index (χ3v) is 7.13. The predicted molar refractivity (Wildman–Crippen MR) is 127 cm³/mol. The number of anilines is 1. The monoisotopic (exact) mass is 482 g/mol. The molecule has 0 aromatic heterocycles. The molecule has 1 N–H and O–H groups in total.